The van der Waals surface area contributed by atoms with E-state index in [2.05, 4.69) is 5.32 Å². The second-order valence-corrected chi connectivity index (χ2v) is 8.50. The van der Waals surface area contributed by atoms with Gasteiger partial charge in [0.25, 0.3) is 15.9 Å². The van der Waals surface area contributed by atoms with Crippen LogP contribution in [0.4, 0.5) is 0 Å². The zero-order valence-electron chi connectivity index (χ0n) is 16.4. The van der Waals surface area contributed by atoms with Gasteiger partial charge in [-0.15, -0.1) is 0 Å². The SMILES string of the molecule is COc1ccc(C2=C(C)C(=O)N(CC(=O)NCc3ccccc3C)S2(=O)=O)cc1. The number of hydrogen-bond donors (Lipinski definition) is 1. The maximum Gasteiger partial charge on any atom is 0.268 e. The van der Waals surface area contributed by atoms with E-state index in [-0.39, 0.29) is 17.0 Å². The van der Waals surface area contributed by atoms with Gasteiger partial charge in [0.2, 0.25) is 5.91 Å². The van der Waals surface area contributed by atoms with Crippen molar-refractivity contribution in [2.75, 3.05) is 13.7 Å². The zero-order chi connectivity index (χ0) is 21.2. The van der Waals surface area contributed by atoms with E-state index in [1.54, 1.807) is 24.3 Å². The molecule has 2 aromatic carbocycles. The van der Waals surface area contributed by atoms with Crippen LogP contribution in [-0.2, 0) is 26.2 Å². The fraction of sp³-hybridized carbons (Fsp3) is 0.238. The summed E-state index contributed by atoms with van der Waals surface area (Å²) in [7, 11) is -2.62. The highest BCUT2D eigenvalue weighted by Gasteiger charge is 2.43. The lowest BCUT2D eigenvalue weighted by Crippen LogP contribution is -2.40. The van der Waals surface area contributed by atoms with Gasteiger partial charge in [-0.3, -0.25) is 9.59 Å². The Hall–Kier alpha value is -3.13. The molecule has 3 rings (SSSR count). The molecule has 8 heteroatoms. The van der Waals surface area contributed by atoms with Crippen molar-refractivity contribution in [1.29, 1.82) is 0 Å². The molecule has 0 spiro atoms. The molecule has 0 atom stereocenters. The minimum Gasteiger partial charge on any atom is -0.497 e. The molecule has 2 amide bonds. The summed E-state index contributed by atoms with van der Waals surface area (Å²) < 4.78 is 31.6. The van der Waals surface area contributed by atoms with Crippen LogP contribution in [0.3, 0.4) is 0 Å². The van der Waals surface area contributed by atoms with E-state index in [1.165, 1.54) is 14.0 Å². The first-order chi connectivity index (χ1) is 13.8. The third-order valence-corrected chi connectivity index (χ3v) is 6.75. The van der Waals surface area contributed by atoms with Gasteiger partial charge >= 0.3 is 0 Å². The van der Waals surface area contributed by atoms with Crippen LogP contribution in [0.15, 0.2) is 54.1 Å². The summed E-state index contributed by atoms with van der Waals surface area (Å²) >= 11 is 0. The van der Waals surface area contributed by atoms with Gasteiger partial charge in [0, 0.05) is 12.1 Å². The van der Waals surface area contributed by atoms with Crippen LogP contribution in [0.2, 0.25) is 0 Å². The molecule has 152 valence electrons. The number of sulfonamides is 1. The summed E-state index contributed by atoms with van der Waals surface area (Å²) in [5, 5.41) is 2.68. The monoisotopic (exact) mass is 414 g/mol. The first-order valence-electron chi connectivity index (χ1n) is 8.99. The molecule has 1 N–H and O–H groups in total. The standard InChI is InChI=1S/C21H22N2O5S/c1-14-6-4-5-7-17(14)12-22-19(24)13-23-21(25)15(2)20(29(23,26)27)16-8-10-18(28-3)11-9-16/h4-11H,12-13H2,1-3H3,(H,22,24). The van der Waals surface area contributed by atoms with Crippen LogP contribution < -0.4 is 10.1 Å². The zero-order valence-corrected chi connectivity index (χ0v) is 17.2. The van der Waals surface area contributed by atoms with Gasteiger partial charge in [-0.2, -0.15) is 0 Å². The highest BCUT2D eigenvalue weighted by atomic mass is 32.2. The van der Waals surface area contributed by atoms with Crippen molar-refractivity contribution >= 4 is 26.7 Å². The van der Waals surface area contributed by atoms with Crippen molar-refractivity contribution in [3.05, 3.63) is 70.8 Å². The summed E-state index contributed by atoms with van der Waals surface area (Å²) in [4.78, 5) is 24.8. The van der Waals surface area contributed by atoms with Crippen LogP contribution in [0.5, 0.6) is 5.75 Å². The molecule has 0 fully saturated rings. The fourth-order valence-electron chi connectivity index (χ4n) is 3.15. The number of carbonyl (C=O) groups excluding carboxylic acids is 2. The molecule has 7 nitrogen and oxygen atoms in total. The van der Waals surface area contributed by atoms with E-state index in [1.807, 2.05) is 31.2 Å². The molecule has 0 unspecified atom stereocenters. The number of nitrogens with one attached hydrogen (secondary N) is 1. The van der Waals surface area contributed by atoms with Crippen LogP contribution in [-0.4, -0.2) is 38.2 Å². The van der Waals surface area contributed by atoms with E-state index in [9.17, 15) is 18.0 Å². The van der Waals surface area contributed by atoms with Crippen molar-refractivity contribution in [2.24, 2.45) is 0 Å². The van der Waals surface area contributed by atoms with Crippen molar-refractivity contribution in [3.8, 4) is 5.75 Å². The molecule has 1 aliphatic rings. The van der Waals surface area contributed by atoms with Crippen molar-refractivity contribution < 1.29 is 22.7 Å². The Morgan fingerprint density at radius 2 is 1.72 bits per heavy atom. The van der Waals surface area contributed by atoms with E-state index in [0.717, 1.165) is 11.1 Å². The summed E-state index contributed by atoms with van der Waals surface area (Å²) in [5.41, 5.74) is 2.39. The van der Waals surface area contributed by atoms with Crippen molar-refractivity contribution in [2.45, 2.75) is 20.4 Å². The minimum absolute atomic E-state index is 0.0851. The van der Waals surface area contributed by atoms with Gasteiger partial charge in [-0.1, -0.05) is 24.3 Å². The number of carbonyl (C=O) groups is 2. The Morgan fingerprint density at radius 1 is 1.07 bits per heavy atom. The lowest BCUT2D eigenvalue weighted by atomic mass is 10.1. The molecule has 0 aliphatic carbocycles. The molecule has 0 saturated carbocycles. The highest BCUT2D eigenvalue weighted by molar-refractivity contribution is 7.99. The number of aryl methyl sites for hydroxylation is 1. The predicted octanol–water partition coefficient (Wildman–Crippen LogP) is 2.22. The Morgan fingerprint density at radius 3 is 2.34 bits per heavy atom. The number of amides is 2. The average Bonchev–Trinajstić information content (AvgIpc) is 2.87. The number of benzene rings is 2. The van der Waals surface area contributed by atoms with Crippen LogP contribution in [0, 0.1) is 6.92 Å². The van der Waals surface area contributed by atoms with E-state index < -0.39 is 28.4 Å². The highest BCUT2D eigenvalue weighted by Crippen LogP contribution is 2.35. The normalized spacial score (nSPS) is 15.6. The largest absolute Gasteiger partial charge is 0.497 e. The van der Waals surface area contributed by atoms with Gasteiger partial charge in [0.05, 0.1) is 7.11 Å². The lowest BCUT2D eigenvalue weighted by Gasteiger charge is -2.17. The number of hydrogen-bond acceptors (Lipinski definition) is 5. The Kier molecular flexibility index (Phi) is 5.74. The second kappa shape index (κ2) is 8.08. The van der Waals surface area contributed by atoms with Crippen molar-refractivity contribution in [1.82, 2.24) is 9.62 Å². The van der Waals surface area contributed by atoms with Gasteiger partial charge in [-0.05, 0) is 54.8 Å². The Labute approximate surface area is 170 Å². The second-order valence-electron chi connectivity index (χ2n) is 6.70. The third kappa shape index (κ3) is 4.02. The van der Waals surface area contributed by atoms with Gasteiger partial charge in [0.1, 0.15) is 17.2 Å². The summed E-state index contributed by atoms with van der Waals surface area (Å²) in [5.74, 6) is -0.669. The van der Waals surface area contributed by atoms with Crippen LogP contribution in [0.25, 0.3) is 4.91 Å². The summed E-state index contributed by atoms with van der Waals surface area (Å²) in [6.45, 7) is 3.06. The van der Waals surface area contributed by atoms with Crippen LogP contribution in [0.1, 0.15) is 23.6 Å². The average molecular weight is 414 g/mol. The Balaban J connectivity index is 1.76. The van der Waals surface area contributed by atoms with Gasteiger partial charge in [-0.25, -0.2) is 12.7 Å². The van der Waals surface area contributed by atoms with E-state index in [0.29, 0.717) is 15.6 Å². The van der Waals surface area contributed by atoms with Gasteiger partial charge < -0.3 is 10.1 Å². The summed E-state index contributed by atoms with van der Waals surface area (Å²) in [6, 6.07) is 13.9. The first kappa shape index (κ1) is 20.6. The number of rotatable bonds is 6. The molecule has 1 heterocycles. The molecule has 0 radical (unpaired) electrons. The quantitative estimate of drug-likeness (QED) is 0.782. The fourth-order valence-corrected chi connectivity index (χ4v) is 4.92. The minimum atomic E-state index is -4.12. The van der Waals surface area contributed by atoms with E-state index >= 15 is 0 Å². The molecule has 2 aromatic rings. The topological polar surface area (TPSA) is 92.8 Å². The van der Waals surface area contributed by atoms with Gasteiger partial charge in [0.15, 0.2) is 0 Å². The summed E-state index contributed by atoms with van der Waals surface area (Å²) in [6.07, 6.45) is 0. The lowest BCUT2D eigenvalue weighted by molar-refractivity contribution is -0.128. The van der Waals surface area contributed by atoms with Crippen molar-refractivity contribution in [3.63, 3.8) is 0 Å². The molecule has 1 aliphatic heterocycles. The predicted molar refractivity (Wildman–Crippen MR) is 109 cm³/mol. The number of ether oxygens (including phenoxy) is 1. The van der Waals surface area contributed by atoms with E-state index in [4.69, 9.17) is 4.74 Å². The first-order valence-corrected chi connectivity index (χ1v) is 10.4. The maximum absolute atomic E-state index is 13.0. The van der Waals surface area contributed by atoms with Crippen LogP contribution >= 0.6 is 0 Å². The molecule has 0 saturated heterocycles. The number of methoxy groups -OCH3 is 1. The molecule has 0 aromatic heterocycles. The molecular weight excluding hydrogens is 392 g/mol. The number of nitrogens with zero attached hydrogens (tertiary/aromatic N) is 1. The third-order valence-electron chi connectivity index (χ3n) is 4.81. The Bertz CT molecular complexity index is 1090. The smallest absolute Gasteiger partial charge is 0.268 e. The molecule has 0 bridgehead atoms. The maximum atomic E-state index is 13.0. The molecular formula is C21H22N2O5S. The molecule has 29 heavy (non-hydrogen) atoms.